The minimum Gasteiger partial charge on any atom is -0.384 e. The molecule has 0 aromatic carbocycles. The largest absolute Gasteiger partial charge is 0.384 e. The standard InChI is InChI=1S/C14H23BrN2O2/c1-3-17-12(11(15)9-16-17)13(18)14(19-2)10-7-5-4-6-8-10/h9-10,13-14,18H,3-8H2,1-2H3. The molecule has 0 amide bonds. The summed E-state index contributed by atoms with van der Waals surface area (Å²) in [5.41, 5.74) is 0.833. The second kappa shape index (κ2) is 6.86. The number of nitrogens with zero attached hydrogens (tertiary/aromatic N) is 2. The molecule has 2 atom stereocenters. The molecular weight excluding hydrogens is 308 g/mol. The molecule has 0 saturated heterocycles. The van der Waals surface area contributed by atoms with Crippen molar-refractivity contribution in [2.45, 2.75) is 57.8 Å². The number of hydrogen-bond donors (Lipinski definition) is 1. The van der Waals surface area contributed by atoms with Crippen molar-refractivity contribution >= 4 is 15.9 Å². The van der Waals surface area contributed by atoms with Gasteiger partial charge in [0, 0.05) is 13.7 Å². The zero-order valence-corrected chi connectivity index (χ0v) is 13.3. The molecule has 1 aliphatic rings. The third-order valence-corrected chi connectivity index (χ3v) is 4.72. The third kappa shape index (κ3) is 3.20. The fourth-order valence-electron chi connectivity index (χ4n) is 3.12. The quantitative estimate of drug-likeness (QED) is 0.901. The Morgan fingerprint density at radius 1 is 1.47 bits per heavy atom. The van der Waals surface area contributed by atoms with Gasteiger partial charge in [-0.2, -0.15) is 5.10 Å². The molecule has 5 heteroatoms. The summed E-state index contributed by atoms with van der Waals surface area (Å²) in [5.74, 6) is 0.445. The monoisotopic (exact) mass is 330 g/mol. The first-order valence-electron chi connectivity index (χ1n) is 7.11. The van der Waals surface area contributed by atoms with Crippen molar-refractivity contribution in [3.05, 3.63) is 16.4 Å². The lowest BCUT2D eigenvalue weighted by molar-refractivity contribution is -0.0594. The van der Waals surface area contributed by atoms with E-state index in [1.54, 1.807) is 13.3 Å². The maximum Gasteiger partial charge on any atom is 0.123 e. The summed E-state index contributed by atoms with van der Waals surface area (Å²) in [6.45, 7) is 2.77. The number of methoxy groups -OCH3 is 1. The summed E-state index contributed by atoms with van der Waals surface area (Å²) in [7, 11) is 1.70. The summed E-state index contributed by atoms with van der Waals surface area (Å²) >= 11 is 3.48. The predicted molar refractivity (Wildman–Crippen MR) is 77.9 cm³/mol. The number of ether oxygens (including phenoxy) is 1. The highest BCUT2D eigenvalue weighted by Crippen LogP contribution is 2.36. The lowest BCUT2D eigenvalue weighted by Crippen LogP contribution is -2.32. The van der Waals surface area contributed by atoms with Crippen LogP contribution >= 0.6 is 15.9 Å². The maximum absolute atomic E-state index is 10.7. The number of rotatable bonds is 5. The summed E-state index contributed by atoms with van der Waals surface area (Å²) in [5, 5.41) is 15.0. The van der Waals surface area contributed by atoms with Crippen LogP contribution in [0.5, 0.6) is 0 Å². The average molecular weight is 331 g/mol. The van der Waals surface area contributed by atoms with E-state index in [1.807, 2.05) is 11.6 Å². The predicted octanol–water partition coefficient (Wildman–Crippen LogP) is 3.29. The summed E-state index contributed by atoms with van der Waals surface area (Å²) in [6.07, 6.45) is 7.07. The molecule has 19 heavy (non-hydrogen) atoms. The number of halogens is 1. The first kappa shape index (κ1) is 15.0. The molecule has 1 aromatic heterocycles. The summed E-state index contributed by atoms with van der Waals surface area (Å²) in [6, 6.07) is 0. The Balaban J connectivity index is 2.19. The van der Waals surface area contributed by atoms with Gasteiger partial charge in [0.25, 0.3) is 0 Å². The van der Waals surface area contributed by atoms with Crippen molar-refractivity contribution in [1.29, 1.82) is 0 Å². The van der Waals surface area contributed by atoms with Gasteiger partial charge in [0.15, 0.2) is 0 Å². The van der Waals surface area contributed by atoms with Gasteiger partial charge in [-0.05, 0) is 41.6 Å². The van der Waals surface area contributed by atoms with Gasteiger partial charge in [0.2, 0.25) is 0 Å². The Hall–Kier alpha value is -0.390. The number of aliphatic hydroxyl groups excluding tert-OH is 1. The van der Waals surface area contributed by atoms with Crippen LogP contribution in [0.1, 0.15) is 50.8 Å². The second-order valence-electron chi connectivity index (χ2n) is 5.24. The van der Waals surface area contributed by atoms with Crippen molar-refractivity contribution in [3.63, 3.8) is 0 Å². The van der Waals surface area contributed by atoms with E-state index in [2.05, 4.69) is 21.0 Å². The first-order chi connectivity index (χ1) is 9.19. The van der Waals surface area contributed by atoms with Crippen LogP contribution in [0.2, 0.25) is 0 Å². The maximum atomic E-state index is 10.7. The van der Waals surface area contributed by atoms with E-state index >= 15 is 0 Å². The van der Waals surface area contributed by atoms with E-state index < -0.39 is 6.10 Å². The molecule has 1 heterocycles. The van der Waals surface area contributed by atoms with E-state index in [0.717, 1.165) is 29.6 Å². The van der Waals surface area contributed by atoms with Gasteiger partial charge >= 0.3 is 0 Å². The van der Waals surface area contributed by atoms with E-state index in [4.69, 9.17) is 4.74 Å². The molecule has 1 N–H and O–H groups in total. The molecule has 0 spiro atoms. The fraction of sp³-hybridized carbons (Fsp3) is 0.786. The van der Waals surface area contributed by atoms with Crippen LogP contribution in [-0.2, 0) is 11.3 Å². The van der Waals surface area contributed by atoms with Crippen molar-refractivity contribution in [3.8, 4) is 0 Å². The average Bonchev–Trinajstić information content (AvgIpc) is 2.81. The molecule has 1 saturated carbocycles. The van der Waals surface area contributed by atoms with Crippen LogP contribution in [0.25, 0.3) is 0 Å². The lowest BCUT2D eigenvalue weighted by atomic mass is 9.82. The van der Waals surface area contributed by atoms with E-state index in [0.29, 0.717) is 5.92 Å². The number of aromatic nitrogens is 2. The van der Waals surface area contributed by atoms with Crippen molar-refractivity contribution in [1.82, 2.24) is 9.78 Å². The minimum atomic E-state index is -0.620. The van der Waals surface area contributed by atoms with Crippen molar-refractivity contribution in [2.24, 2.45) is 5.92 Å². The van der Waals surface area contributed by atoms with Crippen LogP contribution in [0, 0.1) is 5.92 Å². The molecule has 2 rings (SSSR count). The van der Waals surface area contributed by atoms with Crippen LogP contribution in [0.15, 0.2) is 10.7 Å². The molecule has 2 unspecified atom stereocenters. The number of hydrogen-bond acceptors (Lipinski definition) is 3. The lowest BCUT2D eigenvalue weighted by Gasteiger charge is -2.32. The zero-order valence-electron chi connectivity index (χ0n) is 11.7. The van der Waals surface area contributed by atoms with Gasteiger partial charge in [-0.1, -0.05) is 19.3 Å². The Labute approximate surface area is 123 Å². The Morgan fingerprint density at radius 2 is 2.16 bits per heavy atom. The van der Waals surface area contributed by atoms with Gasteiger partial charge in [0.05, 0.1) is 22.5 Å². The molecule has 1 fully saturated rings. The van der Waals surface area contributed by atoms with Crippen molar-refractivity contribution < 1.29 is 9.84 Å². The second-order valence-corrected chi connectivity index (χ2v) is 6.09. The van der Waals surface area contributed by atoms with Crippen LogP contribution in [-0.4, -0.2) is 28.1 Å². The molecule has 1 aliphatic carbocycles. The molecule has 1 aromatic rings. The van der Waals surface area contributed by atoms with Crippen molar-refractivity contribution in [2.75, 3.05) is 7.11 Å². The van der Waals surface area contributed by atoms with Gasteiger partial charge in [-0.15, -0.1) is 0 Å². The normalized spacial score (nSPS) is 20.4. The highest BCUT2D eigenvalue weighted by molar-refractivity contribution is 9.10. The van der Waals surface area contributed by atoms with Crippen LogP contribution < -0.4 is 0 Å². The highest BCUT2D eigenvalue weighted by atomic mass is 79.9. The number of aryl methyl sites for hydroxylation is 1. The van der Waals surface area contributed by atoms with E-state index in [1.165, 1.54) is 19.3 Å². The van der Waals surface area contributed by atoms with Gasteiger partial charge in [-0.3, -0.25) is 4.68 Å². The zero-order chi connectivity index (χ0) is 13.8. The summed E-state index contributed by atoms with van der Waals surface area (Å²) < 4.78 is 8.32. The van der Waals surface area contributed by atoms with E-state index in [-0.39, 0.29) is 6.10 Å². The topological polar surface area (TPSA) is 47.3 Å². The minimum absolute atomic E-state index is 0.140. The molecular formula is C14H23BrN2O2. The van der Waals surface area contributed by atoms with Crippen LogP contribution in [0.3, 0.4) is 0 Å². The van der Waals surface area contributed by atoms with Gasteiger partial charge in [-0.25, -0.2) is 0 Å². The van der Waals surface area contributed by atoms with E-state index in [9.17, 15) is 5.11 Å². The molecule has 4 nitrogen and oxygen atoms in total. The molecule has 0 radical (unpaired) electrons. The smallest absolute Gasteiger partial charge is 0.123 e. The molecule has 0 aliphatic heterocycles. The highest BCUT2D eigenvalue weighted by Gasteiger charge is 2.33. The van der Waals surface area contributed by atoms with Gasteiger partial charge < -0.3 is 9.84 Å². The third-order valence-electron chi connectivity index (χ3n) is 4.11. The Morgan fingerprint density at radius 3 is 2.74 bits per heavy atom. The SMILES string of the molecule is CCn1ncc(Br)c1C(O)C(OC)C1CCCCC1. The fourth-order valence-corrected chi connectivity index (χ4v) is 3.65. The summed E-state index contributed by atoms with van der Waals surface area (Å²) in [4.78, 5) is 0. The molecule has 0 bridgehead atoms. The first-order valence-corrected chi connectivity index (χ1v) is 7.90. The van der Waals surface area contributed by atoms with Crippen LogP contribution in [0.4, 0.5) is 0 Å². The van der Waals surface area contributed by atoms with Gasteiger partial charge in [0.1, 0.15) is 6.10 Å². The molecule has 108 valence electrons. The Kier molecular flexibility index (Phi) is 5.42. The number of aliphatic hydroxyl groups is 1. The Bertz CT molecular complexity index is 402.